The van der Waals surface area contributed by atoms with Gasteiger partial charge in [0, 0.05) is 57.7 Å². The van der Waals surface area contributed by atoms with Gasteiger partial charge in [0.1, 0.15) is 23.2 Å². The van der Waals surface area contributed by atoms with Crippen molar-refractivity contribution < 1.29 is 9.90 Å². The van der Waals surface area contributed by atoms with Gasteiger partial charge in [-0.3, -0.25) is 9.69 Å². The first-order valence-electron chi connectivity index (χ1n) is 11.4. The summed E-state index contributed by atoms with van der Waals surface area (Å²) >= 11 is 0. The van der Waals surface area contributed by atoms with E-state index in [4.69, 9.17) is 5.41 Å². The molecule has 0 radical (unpaired) electrons. The number of hydrogen-bond donors (Lipinski definition) is 4. The van der Waals surface area contributed by atoms with Crippen molar-refractivity contribution in [2.75, 3.05) is 37.8 Å². The van der Waals surface area contributed by atoms with Crippen molar-refractivity contribution in [1.29, 1.82) is 5.41 Å². The normalized spacial score (nSPS) is 16.9. The Kier molecular flexibility index (Phi) is 6.80. The molecule has 0 unspecified atom stereocenters. The van der Waals surface area contributed by atoms with Gasteiger partial charge in [-0.25, -0.2) is 4.98 Å². The van der Waals surface area contributed by atoms with Crippen molar-refractivity contribution in [3.05, 3.63) is 53.6 Å². The Balaban J connectivity index is 1.49. The third kappa shape index (κ3) is 5.09. The van der Waals surface area contributed by atoms with Crippen LogP contribution in [0.3, 0.4) is 0 Å². The average molecular weight is 452 g/mol. The lowest BCUT2D eigenvalue weighted by atomic mass is 10.1. The van der Waals surface area contributed by atoms with Crippen molar-refractivity contribution in [2.45, 2.75) is 44.4 Å². The minimum Gasteiger partial charge on any atom is -0.390 e. The van der Waals surface area contributed by atoms with Gasteiger partial charge in [0.2, 0.25) is 0 Å². The van der Waals surface area contributed by atoms with Crippen LogP contribution in [0.15, 0.2) is 36.8 Å². The summed E-state index contributed by atoms with van der Waals surface area (Å²) in [6.45, 7) is 6.27. The molecule has 9 heteroatoms. The molecule has 1 amide bonds. The summed E-state index contributed by atoms with van der Waals surface area (Å²) in [5, 5.41) is 23.8. The monoisotopic (exact) mass is 451 g/mol. The largest absolute Gasteiger partial charge is 0.390 e. The van der Waals surface area contributed by atoms with Crippen molar-refractivity contribution in [1.82, 2.24) is 19.4 Å². The van der Waals surface area contributed by atoms with E-state index in [0.717, 1.165) is 37.8 Å². The Morgan fingerprint density at radius 1 is 1.30 bits per heavy atom. The number of anilines is 2. The number of amides is 1. The number of carbonyl (C=O) groups excluding carboxylic acids is 1. The maximum absolute atomic E-state index is 12.9. The molecule has 0 aromatic carbocycles. The molecule has 0 bridgehead atoms. The van der Waals surface area contributed by atoms with Crippen molar-refractivity contribution in [2.24, 2.45) is 0 Å². The summed E-state index contributed by atoms with van der Waals surface area (Å²) in [7, 11) is 3.48. The first-order valence-corrected chi connectivity index (χ1v) is 11.4. The van der Waals surface area contributed by atoms with E-state index in [1.54, 1.807) is 25.1 Å². The summed E-state index contributed by atoms with van der Waals surface area (Å²) in [6, 6.07) is 5.90. The Morgan fingerprint density at radius 3 is 2.61 bits per heavy atom. The molecule has 1 saturated heterocycles. The molecule has 2 aromatic rings. The number of aliphatic hydroxyl groups is 1. The van der Waals surface area contributed by atoms with Gasteiger partial charge in [0.15, 0.2) is 0 Å². The number of nitrogens with one attached hydrogen (secondary N) is 3. The molecule has 1 aliphatic carbocycles. The van der Waals surface area contributed by atoms with Crippen LogP contribution in [0.2, 0.25) is 0 Å². The van der Waals surface area contributed by atoms with Crippen LogP contribution in [0, 0.1) is 5.41 Å². The smallest absolute Gasteiger partial charge is 0.270 e. The van der Waals surface area contributed by atoms with Crippen LogP contribution in [-0.4, -0.2) is 69.9 Å². The minimum atomic E-state index is -0.212. The van der Waals surface area contributed by atoms with Crippen LogP contribution in [0.4, 0.5) is 11.6 Å². The highest BCUT2D eigenvalue weighted by molar-refractivity contribution is 5.98. The van der Waals surface area contributed by atoms with E-state index in [1.165, 1.54) is 6.21 Å². The Hall–Kier alpha value is -3.17. The lowest BCUT2D eigenvalue weighted by Gasteiger charge is -2.35. The number of carbonyl (C=O) groups is 1. The third-order valence-corrected chi connectivity index (χ3v) is 6.25. The van der Waals surface area contributed by atoms with Gasteiger partial charge in [0.25, 0.3) is 5.91 Å². The van der Waals surface area contributed by atoms with E-state index in [2.05, 4.69) is 27.1 Å². The topological polar surface area (TPSA) is 110 Å². The van der Waals surface area contributed by atoms with Crippen LogP contribution < -0.4 is 10.6 Å². The predicted molar refractivity (Wildman–Crippen MR) is 130 cm³/mol. The fourth-order valence-electron chi connectivity index (χ4n) is 4.57. The first-order chi connectivity index (χ1) is 15.9. The fourth-order valence-corrected chi connectivity index (χ4v) is 4.57. The molecular weight excluding hydrogens is 418 g/mol. The van der Waals surface area contributed by atoms with Crippen molar-refractivity contribution >= 4 is 23.8 Å². The Morgan fingerprint density at radius 2 is 2.03 bits per heavy atom. The Bertz CT molecular complexity index is 1020. The zero-order valence-corrected chi connectivity index (χ0v) is 19.3. The molecule has 33 heavy (non-hydrogen) atoms. The number of β-amino-alcohol motifs (C(OH)–C–C–N with tert-alkyl or cyclic N) is 1. The number of rotatable bonds is 9. The van der Waals surface area contributed by atoms with Crippen LogP contribution in [0.25, 0.3) is 0 Å². The van der Waals surface area contributed by atoms with Crippen molar-refractivity contribution in [3.8, 4) is 0 Å². The molecule has 1 saturated carbocycles. The van der Waals surface area contributed by atoms with Gasteiger partial charge in [-0.15, -0.1) is 0 Å². The number of nitrogens with zero attached hydrogens (tertiary/aromatic N) is 4. The van der Waals surface area contributed by atoms with E-state index in [9.17, 15) is 9.90 Å². The van der Waals surface area contributed by atoms with Crippen LogP contribution in [0.1, 0.15) is 53.3 Å². The number of pyridine rings is 1. The molecule has 2 fully saturated rings. The second-order valence-corrected chi connectivity index (χ2v) is 9.11. The van der Waals surface area contributed by atoms with Gasteiger partial charge in [-0.05, 0) is 30.5 Å². The number of aliphatic hydroxyl groups excluding tert-OH is 1. The van der Waals surface area contributed by atoms with Gasteiger partial charge in [0.05, 0.1) is 6.10 Å². The first kappa shape index (κ1) is 23.0. The summed E-state index contributed by atoms with van der Waals surface area (Å²) < 4.78 is 2.04. The van der Waals surface area contributed by atoms with E-state index >= 15 is 0 Å². The highest BCUT2D eigenvalue weighted by Crippen LogP contribution is 2.36. The molecule has 9 nitrogen and oxygen atoms in total. The quantitative estimate of drug-likeness (QED) is 0.437. The second-order valence-electron chi connectivity index (χ2n) is 9.11. The number of hydrogen-bond acceptors (Lipinski definition) is 7. The highest BCUT2D eigenvalue weighted by atomic mass is 16.3. The van der Waals surface area contributed by atoms with Gasteiger partial charge in [-0.1, -0.05) is 25.5 Å². The molecule has 2 aliphatic rings. The zero-order chi connectivity index (χ0) is 23.5. The van der Waals surface area contributed by atoms with Gasteiger partial charge < -0.3 is 30.6 Å². The molecule has 4 N–H and O–H groups in total. The van der Waals surface area contributed by atoms with E-state index in [-0.39, 0.29) is 18.1 Å². The molecule has 4 rings (SSSR count). The highest BCUT2D eigenvalue weighted by Gasteiger charge is 2.28. The van der Waals surface area contributed by atoms with Gasteiger partial charge >= 0.3 is 0 Å². The van der Waals surface area contributed by atoms with E-state index in [0.29, 0.717) is 41.8 Å². The lowest BCUT2D eigenvalue weighted by molar-refractivity contribution is -0.00291. The second kappa shape index (κ2) is 9.76. The molecular formula is C24H33N7O2. The van der Waals surface area contributed by atoms with Gasteiger partial charge in [-0.2, -0.15) is 0 Å². The lowest BCUT2D eigenvalue weighted by Crippen LogP contribution is -2.49. The summed E-state index contributed by atoms with van der Waals surface area (Å²) in [4.78, 5) is 21.1. The fraction of sp³-hybridized carbons (Fsp3) is 0.458. The maximum Gasteiger partial charge on any atom is 0.270 e. The molecule has 176 valence electrons. The molecule has 3 heterocycles. The molecule has 0 spiro atoms. The zero-order valence-electron chi connectivity index (χ0n) is 19.3. The maximum atomic E-state index is 12.9. The van der Waals surface area contributed by atoms with Crippen LogP contribution in [-0.2, 0) is 6.54 Å². The van der Waals surface area contributed by atoms with E-state index in [1.807, 2.05) is 22.9 Å². The van der Waals surface area contributed by atoms with E-state index < -0.39 is 0 Å². The van der Waals surface area contributed by atoms with Crippen LogP contribution in [0.5, 0.6) is 0 Å². The summed E-state index contributed by atoms with van der Waals surface area (Å²) in [5.74, 6) is 1.79. The predicted octanol–water partition coefficient (Wildman–Crippen LogP) is 2.87. The summed E-state index contributed by atoms with van der Waals surface area (Å²) in [5.41, 5.74) is 2.31. The molecule has 2 aromatic heterocycles. The SMILES string of the molecule is C=C(Nc1ccc(CN2CC(O)C2)cn1)Nc1c(C=N)cc(C(=O)N(C)C)n1C1CCCC1. The van der Waals surface area contributed by atoms with Crippen LogP contribution >= 0.6 is 0 Å². The molecule has 1 aliphatic heterocycles. The Labute approximate surface area is 194 Å². The summed E-state index contributed by atoms with van der Waals surface area (Å²) in [6.07, 6.45) is 7.14. The molecule has 0 atom stereocenters. The number of aromatic nitrogens is 2. The standard InChI is InChI=1S/C24H33N7O2/c1-16(27-22-9-8-17(12-26-22)13-30-14-20(32)15-30)28-23-18(11-25)10-21(24(33)29(2)3)31(23)19-6-4-5-7-19/h8-12,19-20,25,28,32H,1,4-7,13-15H2,2-3H3,(H,26,27). The number of likely N-dealkylation sites (tertiary alicyclic amines) is 1. The average Bonchev–Trinajstić information content (AvgIpc) is 3.41. The third-order valence-electron chi connectivity index (χ3n) is 6.25. The van der Waals surface area contributed by atoms with Crippen molar-refractivity contribution in [3.63, 3.8) is 0 Å². The minimum absolute atomic E-state index is 0.0800.